The fourth-order valence-electron chi connectivity index (χ4n) is 1.92. The zero-order chi connectivity index (χ0) is 15.2. The second-order valence-corrected chi connectivity index (χ2v) is 4.90. The molecule has 0 spiro atoms. The average molecular weight is 282 g/mol. The Bertz CT molecular complexity index is 665. The fraction of sp³-hybridized carbons (Fsp3) is 0.312. The van der Waals surface area contributed by atoms with Crippen LogP contribution in [0, 0.1) is 11.3 Å². The van der Waals surface area contributed by atoms with Crippen molar-refractivity contribution in [3.05, 3.63) is 53.4 Å². The molecular weight excluding hydrogens is 264 g/mol. The Balaban J connectivity index is 2.12. The monoisotopic (exact) mass is 282 g/mol. The summed E-state index contributed by atoms with van der Waals surface area (Å²) in [5, 5.41) is 16.9. The Hall–Kier alpha value is -2.61. The number of ether oxygens (including phenoxy) is 1. The normalized spacial score (nSPS) is 10.1. The molecule has 0 saturated carbocycles. The molecule has 0 fully saturated rings. The molecule has 0 radical (unpaired) electrons. The molecule has 1 heterocycles. The molecule has 2 aromatic rings. The standard InChI is InChI=1S/C16H18N4O/c1-4-13-5-7-14(8-6-13)21-11-16-15(9-17)18-19-20(16)10-12(2)3/h5-8H,2,4,10-11H2,1,3H3. The van der Waals surface area contributed by atoms with Crippen LogP contribution in [-0.2, 0) is 19.6 Å². The van der Waals surface area contributed by atoms with E-state index >= 15 is 0 Å². The first-order valence-electron chi connectivity index (χ1n) is 6.82. The van der Waals surface area contributed by atoms with E-state index in [4.69, 9.17) is 10.00 Å². The van der Waals surface area contributed by atoms with Gasteiger partial charge in [0, 0.05) is 0 Å². The van der Waals surface area contributed by atoms with Crippen LogP contribution in [-0.4, -0.2) is 15.0 Å². The predicted molar refractivity (Wildman–Crippen MR) is 79.7 cm³/mol. The quantitative estimate of drug-likeness (QED) is 0.764. The largest absolute Gasteiger partial charge is 0.487 e. The third-order valence-corrected chi connectivity index (χ3v) is 3.07. The maximum Gasteiger partial charge on any atom is 0.189 e. The van der Waals surface area contributed by atoms with Crippen molar-refractivity contribution in [2.24, 2.45) is 0 Å². The minimum atomic E-state index is 0.259. The van der Waals surface area contributed by atoms with Gasteiger partial charge < -0.3 is 4.74 Å². The molecule has 5 nitrogen and oxygen atoms in total. The molecular formula is C16H18N4O. The van der Waals surface area contributed by atoms with E-state index in [2.05, 4.69) is 23.8 Å². The third kappa shape index (κ3) is 3.69. The lowest BCUT2D eigenvalue weighted by Gasteiger charge is -2.09. The van der Waals surface area contributed by atoms with Gasteiger partial charge in [-0.25, -0.2) is 4.68 Å². The van der Waals surface area contributed by atoms with Crippen LogP contribution < -0.4 is 4.74 Å². The van der Waals surface area contributed by atoms with E-state index in [1.54, 1.807) is 4.68 Å². The zero-order valence-corrected chi connectivity index (χ0v) is 12.3. The number of hydrogen-bond acceptors (Lipinski definition) is 4. The third-order valence-electron chi connectivity index (χ3n) is 3.07. The van der Waals surface area contributed by atoms with Gasteiger partial charge in [-0.1, -0.05) is 36.4 Å². The lowest BCUT2D eigenvalue weighted by molar-refractivity contribution is 0.292. The Kier molecular flexibility index (Phi) is 4.72. The average Bonchev–Trinajstić information content (AvgIpc) is 2.86. The van der Waals surface area contributed by atoms with Gasteiger partial charge in [-0.2, -0.15) is 5.26 Å². The summed E-state index contributed by atoms with van der Waals surface area (Å²) in [6.07, 6.45) is 0.994. The van der Waals surface area contributed by atoms with Crippen molar-refractivity contribution in [1.82, 2.24) is 15.0 Å². The molecule has 21 heavy (non-hydrogen) atoms. The summed E-state index contributed by atoms with van der Waals surface area (Å²) in [5.74, 6) is 0.763. The molecule has 0 aliphatic heterocycles. The van der Waals surface area contributed by atoms with E-state index in [-0.39, 0.29) is 6.61 Å². The first-order chi connectivity index (χ1) is 10.1. The van der Waals surface area contributed by atoms with Crippen molar-refractivity contribution >= 4 is 0 Å². The first kappa shape index (κ1) is 14.8. The second-order valence-electron chi connectivity index (χ2n) is 4.90. The summed E-state index contributed by atoms with van der Waals surface area (Å²) in [5.41, 5.74) is 3.16. The highest BCUT2D eigenvalue weighted by Gasteiger charge is 2.13. The van der Waals surface area contributed by atoms with Gasteiger partial charge in [-0.15, -0.1) is 5.10 Å². The lowest BCUT2D eigenvalue weighted by atomic mass is 10.2. The van der Waals surface area contributed by atoms with Crippen LogP contribution in [0.2, 0.25) is 0 Å². The van der Waals surface area contributed by atoms with Crippen LogP contribution in [0.4, 0.5) is 0 Å². The van der Waals surface area contributed by atoms with Crippen LogP contribution in [0.1, 0.15) is 30.8 Å². The van der Waals surface area contributed by atoms with Crippen LogP contribution in [0.25, 0.3) is 0 Å². The Labute approximate surface area is 124 Å². The molecule has 0 atom stereocenters. The molecule has 0 unspecified atom stereocenters. The SMILES string of the molecule is C=C(C)Cn1nnc(C#N)c1COc1ccc(CC)cc1. The highest BCUT2D eigenvalue weighted by Crippen LogP contribution is 2.16. The Morgan fingerprint density at radius 3 is 2.67 bits per heavy atom. The van der Waals surface area contributed by atoms with Crippen molar-refractivity contribution in [2.75, 3.05) is 0 Å². The second kappa shape index (κ2) is 6.71. The molecule has 5 heteroatoms. The fourth-order valence-corrected chi connectivity index (χ4v) is 1.92. The van der Waals surface area contributed by atoms with Crippen LogP contribution in [0.3, 0.4) is 0 Å². The van der Waals surface area contributed by atoms with Gasteiger partial charge >= 0.3 is 0 Å². The number of aryl methyl sites for hydroxylation is 1. The number of aromatic nitrogens is 3. The topological polar surface area (TPSA) is 63.7 Å². The molecule has 1 aromatic heterocycles. The van der Waals surface area contributed by atoms with E-state index in [1.165, 1.54) is 5.56 Å². The van der Waals surface area contributed by atoms with Crippen LogP contribution in [0.5, 0.6) is 5.75 Å². The van der Waals surface area contributed by atoms with Gasteiger partial charge in [0.2, 0.25) is 0 Å². The number of allylic oxidation sites excluding steroid dienone is 1. The van der Waals surface area contributed by atoms with Gasteiger partial charge in [0.25, 0.3) is 0 Å². The summed E-state index contributed by atoms with van der Waals surface area (Å²) in [6, 6.07) is 9.96. The van der Waals surface area contributed by atoms with E-state index in [0.717, 1.165) is 17.7 Å². The minimum absolute atomic E-state index is 0.259. The number of nitriles is 1. The lowest BCUT2D eigenvalue weighted by Crippen LogP contribution is -2.09. The van der Waals surface area contributed by atoms with Gasteiger partial charge in [-0.05, 0) is 31.0 Å². The van der Waals surface area contributed by atoms with E-state index in [9.17, 15) is 0 Å². The van der Waals surface area contributed by atoms with E-state index in [0.29, 0.717) is 17.9 Å². The number of rotatable bonds is 6. The molecule has 0 saturated heterocycles. The molecule has 0 amide bonds. The molecule has 0 aliphatic carbocycles. The minimum Gasteiger partial charge on any atom is -0.487 e. The van der Waals surface area contributed by atoms with Crippen molar-refractivity contribution < 1.29 is 4.74 Å². The zero-order valence-electron chi connectivity index (χ0n) is 12.3. The van der Waals surface area contributed by atoms with Crippen molar-refractivity contribution in [2.45, 2.75) is 33.4 Å². The molecule has 0 N–H and O–H groups in total. The van der Waals surface area contributed by atoms with Gasteiger partial charge in [0.1, 0.15) is 24.1 Å². The summed E-state index contributed by atoms with van der Waals surface area (Å²) in [6.45, 7) is 8.65. The van der Waals surface area contributed by atoms with E-state index in [1.807, 2.05) is 37.3 Å². The number of nitrogens with zero attached hydrogens (tertiary/aromatic N) is 4. The van der Waals surface area contributed by atoms with Gasteiger partial charge in [-0.3, -0.25) is 0 Å². The van der Waals surface area contributed by atoms with Crippen molar-refractivity contribution in [3.63, 3.8) is 0 Å². The van der Waals surface area contributed by atoms with Gasteiger partial charge in [0.05, 0.1) is 6.54 Å². The maximum absolute atomic E-state index is 9.09. The van der Waals surface area contributed by atoms with Crippen molar-refractivity contribution in [3.8, 4) is 11.8 Å². The maximum atomic E-state index is 9.09. The Morgan fingerprint density at radius 1 is 1.38 bits per heavy atom. The smallest absolute Gasteiger partial charge is 0.189 e. The number of hydrogen-bond donors (Lipinski definition) is 0. The summed E-state index contributed by atoms with van der Waals surface area (Å²) < 4.78 is 7.39. The molecule has 2 rings (SSSR count). The Morgan fingerprint density at radius 2 is 2.10 bits per heavy atom. The highest BCUT2D eigenvalue weighted by atomic mass is 16.5. The first-order valence-corrected chi connectivity index (χ1v) is 6.82. The van der Waals surface area contributed by atoms with Crippen molar-refractivity contribution in [1.29, 1.82) is 5.26 Å². The summed E-state index contributed by atoms with van der Waals surface area (Å²) in [7, 11) is 0. The van der Waals surface area contributed by atoms with E-state index < -0.39 is 0 Å². The van der Waals surface area contributed by atoms with Crippen LogP contribution >= 0.6 is 0 Å². The molecule has 0 aliphatic rings. The predicted octanol–water partition coefficient (Wildman–Crippen LogP) is 2.87. The summed E-state index contributed by atoms with van der Waals surface area (Å²) in [4.78, 5) is 0. The number of benzene rings is 1. The highest BCUT2D eigenvalue weighted by molar-refractivity contribution is 5.29. The summed E-state index contributed by atoms with van der Waals surface area (Å²) >= 11 is 0. The molecule has 0 bridgehead atoms. The van der Waals surface area contributed by atoms with Crippen LogP contribution in [0.15, 0.2) is 36.4 Å². The molecule has 1 aromatic carbocycles. The van der Waals surface area contributed by atoms with Gasteiger partial charge in [0.15, 0.2) is 5.69 Å². The molecule has 108 valence electrons.